The van der Waals surface area contributed by atoms with Crippen molar-refractivity contribution in [3.63, 3.8) is 0 Å². The molecule has 1 aromatic carbocycles. The molecule has 20 heavy (non-hydrogen) atoms. The zero-order chi connectivity index (χ0) is 14.4. The van der Waals surface area contributed by atoms with Crippen LogP contribution in [-0.4, -0.2) is 11.8 Å². The van der Waals surface area contributed by atoms with Gasteiger partial charge in [0.05, 0.1) is 17.5 Å². The summed E-state index contributed by atoms with van der Waals surface area (Å²) in [5, 5.41) is 0. The third-order valence-electron chi connectivity index (χ3n) is 4.60. The van der Waals surface area contributed by atoms with Gasteiger partial charge in [-0.3, -0.25) is 9.59 Å². The van der Waals surface area contributed by atoms with E-state index in [1.807, 2.05) is 0 Å². The Labute approximate surface area is 117 Å². The molecule has 0 bridgehead atoms. The summed E-state index contributed by atoms with van der Waals surface area (Å²) < 4.78 is 13.4. The number of benzene rings is 1. The molecule has 1 saturated heterocycles. The maximum Gasteiger partial charge on any atom is 0.237 e. The predicted octanol–water partition coefficient (Wildman–Crippen LogP) is 3.06. The van der Waals surface area contributed by atoms with Gasteiger partial charge in [-0.05, 0) is 49.8 Å². The van der Waals surface area contributed by atoms with Gasteiger partial charge in [0.1, 0.15) is 5.82 Å². The minimum absolute atomic E-state index is 0.152. The molecule has 1 heterocycles. The van der Waals surface area contributed by atoms with Crippen molar-refractivity contribution >= 4 is 17.5 Å². The quantitative estimate of drug-likeness (QED) is 0.739. The van der Waals surface area contributed by atoms with Crippen molar-refractivity contribution in [2.45, 2.75) is 33.1 Å². The molecule has 0 radical (unpaired) electrons. The summed E-state index contributed by atoms with van der Waals surface area (Å²) in [6, 6.07) is 4.24. The first-order chi connectivity index (χ1) is 9.49. The van der Waals surface area contributed by atoms with E-state index in [1.165, 1.54) is 17.0 Å². The van der Waals surface area contributed by atoms with E-state index < -0.39 is 5.82 Å². The molecule has 2 aliphatic rings. The minimum Gasteiger partial charge on any atom is -0.274 e. The third kappa shape index (κ3) is 1.94. The van der Waals surface area contributed by atoms with Gasteiger partial charge in [0.2, 0.25) is 11.8 Å². The van der Waals surface area contributed by atoms with E-state index in [9.17, 15) is 14.0 Å². The number of nitrogens with zero attached hydrogens (tertiary/aromatic N) is 1. The molecule has 0 N–H and O–H groups in total. The Bertz CT molecular complexity index is 584. The van der Waals surface area contributed by atoms with Gasteiger partial charge >= 0.3 is 0 Å². The number of carbonyl (C=O) groups excluding carboxylic acids is 2. The van der Waals surface area contributed by atoms with Gasteiger partial charge in [0, 0.05) is 0 Å². The van der Waals surface area contributed by atoms with Crippen molar-refractivity contribution in [1.82, 2.24) is 0 Å². The van der Waals surface area contributed by atoms with Crippen LogP contribution < -0.4 is 4.90 Å². The second kappa shape index (κ2) is 4.69. The highest BCUT2D eigenvalue weighted by molar-refractivity contribution is 6.22. The monoisotopic (exact) mass is 275 g/mol. The molecular formula is C16H18FNO2. The molecule has 1 aliphatic carbocycles. The molecule has 106 valence electrons. The number of hydrogen-bond donors (Lipinski definition) is 0. The highest BCUT2D eigenvalue weighted by Crippen LogP contribution is 2.42. The van der Waals surface area contributed by atoms with Crippen LogP contribution in [0.25, 0.3) is 0 Å². The molecule has 2 amide bonds. The summed E-state index contributed by atoms with van der Waals surface area (Å²) >= 11 is 0. The largest absolute Gasteiger partial charge is 0.274 e. The Morgan fingerprint density at radius 3 is 2.60 bits per heavy atom. The summed E-state index contributed by atoms with van der Waals surface area (Å²) in [6.45, 7) is 3.91. The van der Waals surface area contributed by atoms with Crippen LogP contribution in [0, 0.1) is 30.5 Å². The van der Waals surface area contributed by atoms with Gasteiger partial charge < -0.3 is 0 Å². The number of imide groups is 1. The standard InChI is InChI=1S/C16H18FNO2/c1-9-3-6-12-13(7-9)16(20)18(15(12)19)14-8-11(17)5-4-10(14)2/h4-5,8-9,12-13H,3,6-7H2,1-2H3/t9-,12-,13-/m0/s1. The molecule has 1 aromatic rings. The molecule has 0 aromatic heterocycles. The predicted molar refractivity (Wildman–Crippen MR) is 73.6 cm³/mol. The zero-order valence-corrected chi connectivity index (χ0v) is 11.7. The first kappa shape index (κ1) is 13.3. The topological polar surface area (TPSA) is 37.4 Å². The van der Waals surface area contributed by atoms with Crippen molar-refractivity contribution in [3.8, 4) is 0 Å². The minimum atomic E-state index is -0.422. The average Bonchev–Trinajstić information content (AvgIpc) is 2.65. The van der Waals surface area contributed by atoms with Crippen molar-refractivity contribution in [2.75, 3.05) is 4.90 Å². The molecule has 3 nitrogen and oxygen atoms in total. The van der Waals surface area contributed by atoms with E-state index in [0.29, 0.717) is 11.6 Å². The maximum absolute atomic E-state index is 13.4. The van der Waals surface area contributed by atoms with Crippen LogP contribution >= 0.6 is 0 Å². The van der Waals surface area contributed by atoms with Gasteiger partial charge in [0.25, 0.3) is 0 Å². The van der Waals surface area contributed by atoms with Crippen LogP contribution in [0.15, 0.2) is 18.2 Å². The van der Waals surface area contributed by atoms with E-state index in [0.717, 1.165) is 24.8 Å². The van der Waals surface area contributed by atoms with Crippen LogP contribution in [0.2, 0.25) is 0 Å². The summed E-state index contributed by atoms with van der Waals surface area (Å²) in [4.78, 5) is 26.3. The molecule has 0 unspecified atom stereocenters. The smallest absolute Gasteiger partial charge is 0.237 e. The van der Waals surface area contributed by atoms with Crippen LogP contribution in [-0.2, 0) is 9.59 Å². The number of halogens is 1. The SMILES string of the molecule is Cc1ccc(F)cc1N1C(=O)[C@H]2CC[C@H](C)C[C@@H]2C1=O. The second-order valence-corrected chi connectivity index (χ2v) is 6.07. The van der Waals surface area contributed by atoms with Crippen molar-refractivity contribution < 1.29 is 14.0 Å². The Balaban J connectivity index is 2.00. The van der Waals surface area contributed by atoms with Crippen molar-refractivity contribution in [2.24, 2.45) is 17.8 Å². The molecular weight excluding hydrogens is 257 g/mol. The number of anilines is 1. The molecule has 1 aliphatic heterocycles. The van der Waals surface area contributed by atoms with Gasteiger partial charge in [-0.15, -0.1) is 0 Å². The van der Waals surface area contributed by atoms with E-state index in [4.69, 9.17) is 0 Å². The normalized spacial score (nSPS) is 29.8. The highest BCUT2D eigenvalue weighted by Gasteiger charge is 2.50. The van der Waals surface area contributed by atoms with Gasteiger partial charge in [-0.2, -0.15) is 0 Å². The van der Waals surface area contributed by atoms with Gasteiger partial charge in [-0.25, -0.2) is 9.29 Å². The molecule has 3 atom stereocenters. The van der Waals surface area contributed by atoms with Crippen LogP contribution in [0.4, 0.5) is 10.1 Å². The van der Waals surface area contributed by atoms with Crippen LogP contribution in [0.1, 0.15) is 31.7 Å². The van der Waals surface area contributed by atoms with E-state index >= 15 is 0 Å². The van der Waals surface area contributed by atoms with Gasteiger partial charge in [0.15, 0.2) is 0 Å². The Morgan fingerprint density at radius 1 is 1.15 bits per heavy atom. The Kier molecular flexibility index (Phi) is 3.11. The van der Waals surface area contributed by atoms with Crippen LogP contribution in [0.3, 0.4) is 0 Å². The zero-order valence-electron chi connectivity index (χ0n) is 11.7. The fourth-order valence-electron chi connectivity index (χ4n) is 3.45. The molecule has 0 spiro atoms. The molecule has 4 heteroatoms. The molecule has 3 rings (SSSR count). The summed E-state index contributed by atoms with van der Waals surface area (Å²) in [5.41, 5.74) is 1.15. The van der Waals surface area contributed by atoms with Crippen LogP contribution in [0.5, 0.6) is 0 Å². The first-order valence-electron chi connectivity index (χ1n) is 7.13. The Morgan fingerprint density at radius 2 is 1.85 bits per heavy atom. The number of amides is 2. The highest BCUT2D eigenvalue weighted by atomic mass is 19.1. The fraction of sp³-hybridized carbons (Fsp3) is 0.500. The summed E-state index contributed by atoms with van der Waals surface area (Å²) in [6.07, 6.45) is 2.51. The number of hydrogen-bond acceptors (Lipinski definition) is 2. The average molecular weight is 275 g/mol. The van der Waals surface area contributed by atoms with E-state index in [2.05, 4.69) is 6.92 Å². The fourth-order valence-corrected chi connectivity index (χ4v) is 3.45. The lowest BCUT2D eigenvalue weighted by molar-refractivity contribution is -0.122. The lowest BCUT2D eigenvalue weighted by Gasteiger charge is -2.25. The summed E-state index contributed by atoms with van der Waals surface area (Å²) in [5.74, 6) is -0.674. The number of fused-ring (bicyclic) bond motifs is 1. The number of carbonyl (C=O) groups is 2. The van der Waals surface area contributed by atoms with Crippen molar-refractivity contribution in [3.05, 3.63) is 29.6 Å². The van der Waals surface area contributed by atoms with Crippen molar-refractivity contribution in [1.29, 1.82) is 0 Å². The van der Waals surface area contributed by atoms with E-state index in [-0.39, 0.29) is 23.7 Å². The lowest BCUT2D eigenvalue weighted by atomic mass is 9.76. The third-order valence-corrected chi connectivity index (χ3v) is 4.60. The molecule has 2 fully saturated rings. The van der Waals surface area contributed by atoms with E-state index in [1.54, 1.807) is 13.0 Å². The maximum atomic E-state index is 13.4. The molecule has 1 saturated carbocycles. The Hall–Kier alpha value is -1.71. The summed E-state index contributed by atoms with van der Waals surface area (Å²) in [7, 11) is 0. The number of rotatable bonds is 1. The van der Waals surface area contributed by atoms with Gasteiger partial charge in [-0.1, -0.05) is 13.0 Å². The lowest BCUT2D eigenvalue weighted by Crippen LogP contribution is -2.31. The first-order valence-corrected chi connectivity index (χ1v) is 7.13. The number of aryl methyl sites for hydroxylation is 1. The second-order valence-electron chi connectivity index (χ2n) is 6.07.